The van der Waals surface area contributed by atoms with E-state index in [9.17, 15) is 5.11 Å². The maximum atomic E-state index is 10.2. The highest BCUT2D eigenvalue weighted by molar-refractivity contribution is 5.49. The third-order valence-electron chi connectivity index (χ3n) is 2.64. The SMILES string of the molecule is Cc1cc(C(C)(C)N)c(O)c(C(C)(C)N)c1. The molecule has 16 heavy (non-hydrogen) atoms. The average Bonchev–Trinajstić information content (AvgIpc) is 2.04. The van der Waals surface area contributed by atoms with Gasteiger partial charge in [0, 0.05) is 22.2 Å². The molecule has 0 amide bonds. The van der Waals surface area contributed by atoms with Crippen molar-refractivity contribution < 1.29 is 5.11 Å². The van der Waals surface area contributed by atoms with Crippen molar-refractivity contribution in [3.63, 3.8) is 0 Å². The maximum absolute atomic E-state index is 10.2. The lowest BCUT2D eigenvalue weighted by Crippen LogP contribution is -2.32. The summed E-state index contributed by atoms with van der Waals surface area (Å²) in [6, 6.07) is 3.81. The van der Waals surface area contributed by atoms with Crippen LogP contribution in [0.1, 0.15) is 44.4 Å². The van der Waals surface area contributed by atoms with Crippen LogP contribution >= 0.6 is 0 Å². The Balaban J connectivity index is 3.51. The quantitative estimate of drug-likeness (QED) is 0.717. The fourth-order valence-corrected chi connectivity index (χ4v) is 1.76. The Hall–Kier alpha value is -1.06. The number of hydrogen-bond donors (Lipinski definition) is 3. The first-order chi connectivity index (χ1) is 7.03. The molecule has 0 aliphatic carbocycles. The second kappa shape index (κ2) is 3.75. The summed E-state index contributed by atoms with van der Waals surface area (Å²) >= 11 is 0. The van der Waals surface area contributed by atoms with Gasteiger partial charge in [0.1, 0.15) is 5.75 Å². The van der Waals surface area contributed by atoms with Crippen molar-refractivity contribution in [2.75, 3.05) is 0 Å². The van der Waals surface area contributed by atoms with Crippen molar-refractivity contribution in [3.8, 4) is 5.75 Å². The number of aryl methyl sites for hydroxylation is 1. The molecule has 0 aliphatic rings. The normalized spacial score (nSPS) is 12.9. The molecule has 0 fully saturated rings. The van der Waals surface area contributed by atoms with Gasteiger partial charge in [-0.2, -0.15) is 0 Å². The highest BCUT2D eigenvalue weighted by Gasteiger charge is 2.26. The van der Waals surface area contributed by atoms with Gasteiger partial charge < -0.3 is 16.6 Å². The largest absolute Gasteiger partial charge is 0.507 e. The monoisotopic (exact) mass is 222 g/mol. The molecular formula is C13H22N2O. The molecule has 0 radical (unpaired) electrons. The van der Waals surface area contributed by atoms with E-state index in [0.29, 0.717) is 0 Å². The minimum absolute atomic E-state index is 0.214. The third-order valence-corrected chi connectivity index (χ3v) is 2.64. The summed E-state index contributed by atoms with van der Waals surface area (Å²) in [6.45, 7) is 9.46. The summed E-state index contributed by atoms with van der Waals surface area (Å²) in [5.41, 5.74) is 13.5. The van der Waals surface area contributed by atoms with Crippen LogP contribution in [0.3, 0.4) is 0 Å². The second-order valence-corrected chi connectivity index (χ2v) is 5.65. The molecule has 0 unspecified atom stereocenters. The summed E-state index contributed by atoms with van der Waals surface area (Å²) in [4.78, 5) is 0. The van der Waals surface area contributed by atoms with Crippen LogP contribution in [0.4, 0.5) is 0 Å². The fourth-order valence-electron chi connectivity index (χ4n) is 1.76. The number of phenols is 1. The number of nitrogens with two attached hydrogens (primary N) is 2. The van der Waals surface area contributed by atoms with E-state index in [1.54, 1.807) is 0 Å². The molecule has 1 rings (SSSR count). The van der Waals surface area contributed by atoms with Crippen LogP contribution in [0.25, 0.3) is 0 Å². The Kier molecular flexibility index (Phi) is 3.05. The average molecular weight is 222 g/mol. The topological polar surface area (TPSA) is 72.3 Å². The zero-order valence-corrected chi connectivity index (χ0v) is 10.8. The van der Waals surface area contributed by atoms with E-state index in [2.05, 4.69) is 0 Å². The smallest absolute Gasteiger partial charge is 0.125 e. The van der Waals surface area contributed by atoms with Crippen LogP contribution in [0.15, 0.2) is 12.1 Å². The lowest BCUT2D eigenvalue weighted by Gasteiger charge is -2.27. The molecule has 0 aromatic heterocycles. The number of phenolic OH excluding ortho intramolecular Hbond substituents is 1. The van der Waals surface area contributed by atoms with E-state index in [4.69, 9.17) is 11.5 Å². The number of aromatic hydroxyl groups is 1. The number of hydrogen-bond acceptors (Lipinski definition) is 3. The Morgan fingerprint density at radius 1 is 0.938 bits per heavy atom. The van der Waals surface area contributed by atoms with Crippen molar-refractivity contribution in [1.82, 2.24) is 0 Å². The van der Waals surface area contributed by atoms with Crippen molar-refractivity contribution in [1.29, 1.82) is 0 Å². The number of rotatable bonds is 2. The molecule has 0 saturated carbocycles. The molecule has 0 atom stereocenters. The van der Waals surface area contributed by atoms with E-state index in [0.717, 1.165) is 16.7 Å². The van der Waals surface area contributed by atoms with Gasteiger partial charge >= 0.3 is 0 Å². The summed E-state index contributed by atoms with van der Waals surface area (Å²) in [5.74, 6) is 0.214. The van der Waals surface area contributed by atoms with Gasteiger partial charge in [-0.3, -0.25) is 0 Å². The predicted octanol–water partition coefficient (Wildman–Crippen LogP) is 2.09. The van der Waals surface area contributed by atoms with Gasteiger partial charge in [-0.15, -0.1) is 0 Å². The van der Waals surface area contributed by atoms with E-state index in [1.165, 1.54) is 0 Å². The summed E-state index contributed by atoms with van der Waals surface area (Å²) < 4.78 is 0. The molecule has 0 aliphatic heterocycles. The Morgan fingerprint density at radius 2 is 1.25 bits per heavy atom. The van der Waals surface area contributed by atoms with Gasteiger partial charge in [0.15, 0.2) is 0 Å². The molecule has 3 nitrogen and oxygen atoms in total. The Morgan fingerprint density at radius 3 is 1.50 bits per heavy atom. The van der Waals surface area contributed by atoms with Crippen LogP contribution in [0, 0.1) is 6.92 Å². The first kappa shape index (κ1) is 13.0. The van der Waals surface area contributed by atoms with Gasteiger partial charge in [0.25, 0.3) is 0 Å². The summed E-state index contributed by atoms with van der Waals surface area (Å²) in [6.07, 6.45) is 0. The van der Waals surface area contributed by atoms with Crippen LogP contribution in [-0.4, -0.2) is 5.11 Å². The highest BCUT2D eigenvalue weighted by atomic mass is 16.3. The minimum atomic E-state index is -0.573. The Labute approximate surface area is 97.5 Å². The van der Waals surface area contributed by atoms with Crippen molar-refractivity contribution in [3.05, 3.63) is 28.8 Å². The van der Waals surface area contributed by atoms with E-state index >= 15 is 0 Å². The standard InChI is InChI=1S/C13H22N2O/c1-8-6-9(12(2,3)14)11(16)10(7-8)13(4,5)15/h6-7,16H,14-15H2,1-5H3. The van der Waals surface area contributed by atoms with Crippen LogP contribution in [0.5, 0.6) is 5.75 Å². The molecule has 1 aromatic carbocycles. The van der Waals surface area contributed by atoms with Crippen molar-refractivity contribution >= 4 is 0 Å². The minimum Gasteiger partial charge on any atom is -0.507 e. The predicted molar refractivity (Wildman–Crippen MR) is 67.3 cm³/mol. The molecule has 3 heteroatoms. The maximum Gasteiger partial charge on any atom is 0.125 e. The molecule has 0 spiro atoms. The van der Waals surface area contributed by atoms with E-state index in [-0.39, 0.29) is 5.75 Å². The van der Waals surface area contributed by atoms with E-state index in [1.807, 2.05) is 46.8 Å². The molecule has 1 aromatic rings. The molecular weight excluding hydrogens is 200 g/mol. The lowest BCUT2D eigenvalue weighted by molar-refractivity contribution is 0.414. The molecule has 5 N–H and O–H groups in total. The zero-order chi connectivity index (χ0) is 12.7. The van der Waals surface area contributed by atoms with Gasteiger partial charge in [0.05, 0.1) is 0 Å². The molecule has 0 saturated heterocycles. The molecule has 0 heterocycles. The molecule has 0 bridgehead atoms. The van der Waals surface area contributed by atoms with Crippen molar-refractivity contribution in [2.45, 2.75) is 45.7 Å². The van der Waals surface area contributed by atoms with Gasteiger partial charge in [-0.25, -0.2) is 0 Å². The van der Waals surface area contributed by atoms with Gasteiger partial charge in [-0.05, 0) is 34.6 Å². The van der Waals surface area contributed by atoms with Crippen LogP contribution < -0.4 is 11.5 Å². The fraction of sp³-hybridized carbons (Fsp3) is 0.538. The lowest BCUT2D eigenvalue weighted by atomic mass is 9.85. The van der Waals surface area contributed by atoms with Crippen LogP contribution in [-0.2, 0) is 11.1 Å². The van der Waals surface area contributed by atoms with Crippen LogP contribution in [0.2, 0.25) is 0 Å². The summed E-state index contributed by atoms with van der Waals surface area (Å²) in [5, 5.41) is 10.2. The van der Waals surface area contributed by atoms with Gasteiger partial charge in [0.2, 0.25) is 0 Å². The van der Waals surface area contributed by atoms with Crippen molar-refractivity contribution in [2.24, 2.45) is 11.5 Å². The van der Waals surface area contributed by atoms with E-state index < -0.39 is 11.1 Å². The second-order valence-electron chi connectivity index (χ2n) is 5.65. The highest BCUT2D eigenvalue weighted by Crippen LogP contribution is 2.36. The third kappa shape index (κ3) is 2.54. The van der Waals surface area contributed by atoms with Gasteiger partial charge in [-0.1, -0.05) is 17.7 Å². The first-order valence-corrected chi connectivity index (χ1v) is 5.46. The summed E-state index contributed by atoms with van der Waals surface area (Å²) in [7, 11) is 0. The first-order valence-electron chi connectivity index (χ1n) is 5.46. The number of benzene rings is 1. The Bertz CT molecular complexity index is 362. The zero-order valence-electron chi connectivity index (χ0n) is 10.8. The molecule has 90 valence electrons.